The van der Waals surface area contributed by atoms with Crippen molar-refractivity contribution >= 4 is 11.9 Å². The third-order valence-corrected chi connectivity index (χ3v) is 3.45. The van der Waals surface area contributed by atoms with Gasteiger partial charge in [-0.1, -0.05) is 0 Å². The van der Waals surface area contributed by atoms with Gasteiger partial charge >= 0.3 is 5.97 Å². The van der Waals surface area contributed by atoms with Gasteiger partial charge in [-0.2, -0.15) is 0 Å². The van der Waals surface area contributed by atoms with Crippen molar-refractivity contribution in [3.05, 3.63) is 0 Å². The van der Waals surface area contributed by atoms with Gasteiger partial charge in [0.1, 0.15) is 0 Å². The highest BCUT2D eigenvalue weighted by Gasteiger charge is 2.27. The Morgan fingerprint density at radius 3 is 2.71 bits per heavy atom. The van der Waals surface area contributed by atoms with Crippen LogP contribution in [0.25, 0.3) is 0 Å². The van der Waals surface area contributed by atoms with E-state index in [1.54, 1.807) is 0 Å². The Bertz CT molecular complexity index is 302. The molecule has 1 amide bonds. The molecule has 96 valence electrons. The number of nitrogens with zero attached hydrogens (tertiary/aromatic N) is 1. The minimum atomic E-state index is -0.764. The smallest absolute Gasteiger partial charge is 0.303 e. The maximum absolute atomic E-state index is 11.8. The minimum Gasteiger partial charge on any atom is -0.481 e. The molecular weight excluding hydrogens is 220 g/mol. The van der Waals surface area contributed by atoms with Crippen molar-refractivity contribution in [2.75, 3.05) is 19.6 Å². The lowest BCUT2D eigenvalue weighted by Gasteiger charge is -2.16. The average Bonchev–Trinajstić information content (AvgIpc) is 2.96. The Hall–Kier alpha value is -1.10. The first-order chi connectivity index (χ1) is 8.15. The van der Waals surface area contributed by atoms with Gasteiger partial charge in [0.25, 0.3) is 0 Å². The molecule has 0 aromatic rings. The van der Waals surface area contributed by atoms with Crippen molar-refractivity contribution in [3.8, 4) is 0 Å². The molecular formula is C12H20N2O3. The summed E-state index contributed by atoms with van der Waals surface area (Å²) >= 11 is 0. The van der Waals surface area contributed by atoms with Gasteiger partial charge in [0, 0.05) is 38.5 Å². The molecule has 5 nitrogen and oxygen atoms in total. The molecule has 2 fully saturated rings. The number of aliphatic carboxylic acids is 1. The van der Waals surface area contributed by atoms with Crippen molar-refractivity contribution in [2.24, 2.45) is 5.92 Å². The van der Waals surface area contributed by atoms with Gasteiger partial charge in [-0.25, -0.2) is 0 Å². The Morgan fingerprint density at radius 2 is 2.06 bits per heavy atom. The second-order valence-electron chi connectivity index (χ2n) is 5.07. The monoisotopic (exact) mass is 240 g/mol. The predicted octanol–water partition coefficient (Wildman–Crippen LogP) is 0.452. The van der Waals surface area contributed by atoms with E-state index >= 15 is 0 Å². The molecule has 1 saturated carbocycles. The fraction of sp³-hybridized carbons (Fsp3) is 0.833. The van der Waals surface area contributed by atoms with E-state index in [0.29, 0.717) is 19.0 Å². The first-order valence-electron chi connectivity index (χ1n) is 6.38. The summed E-state index contributed by atoms with van der Waals surface area (Å²) in [6.45, 7) is 2.10. The predicted molar refractivity (Wildman–Crippen MR) is 62.6 cm³/mol. The highest BCUT2D eigenvalue weighted by atomic mass is 16.4. The molecule has 1 aliphatic heterocycles. The molecule has 1 atom stereocenters. The summed E-state index contributed by atoms with van der Waals surface area (Å²) in [6.07, 6.45) is 4.02. The fourth-order valence-corrected chi connectivity index (χ4v) is 2.30. The van der Waals surface area contributed by atoms with Crippen molar-refractivity contribution < 1.29 is 14.7 Å². The lowest BCUT2D eigenvalue weighted by atomic mass is 10.1. The van der Waals surface area contributed by atoms with E-state index in [-0.39, 0.29) is 18.2 Å². The molecule has 1 heterocycles. The quantitative estimate of drug-likeness (QED) is 0.707. The summed E-state index contributed by atoms with van der Waals surface area (Å²) in [6, 6.07) is 0.640. The highest BCUT2D eigenvalue weighted by molar-refractivity contribution is 5.77. The Balaban J connectivity index is 1.64. The summed E-state index contributed by atoms with van der Waals surface area (Å²) in [7, 11) is 0. The van der Waals surface area contributed by atoms with Crippen LogP contribution in [-0.2, 0) is 9.59 Å². The van der Waals surface area contributed by atoms with E-state index in [4.69, 9.17) is 5.11 Å². The maximum atomic E-state index is 11.8. The van der Waals surface area contributed by atoms with E-state index < -0.39 is 5.97 Å². The summed E-state index contributed by atoms with van der Waals surface area (Å²) in [5.74, 6) is -0.460. The zero-order valence-corrected chi connectivity index (χ0v) is 10.0. The largest absolute Gasteiger partial charge is 0.481 e. The SMILES string of the molecule is O=C(O)CC1CCN(C(=O)CCNC2CC2)C1. The van der Waals surface area contributed by atoms with Crippen LogP contribution in [0.3, 0.4) is 0 Å². The second kappa shape index (κ2) is 5.49. The molecule has 0 bridgehead atoms. The Morgan fingerprint density at radius 1 is 1.29 bits per heavy atom. The molecule has 0 aromatic carbocycles. The van der Waals surface area contributed by atoms with Crippen LogP contribution in [0.1, 0.15) is 32.1 Å². The molecule has 1 unspecified atom stereocenters. The van der Waals surface area contributed by atoms with Gasteiger partial charge in [-0.15, -0.1) is 0 Å². The summed E-state index contributed by atoms with van der Waals surface area (Å²) < 4.78 is 0. The van der Waals surface area contributed by atoms with Crippen molar-refractivity contribution in [1.82, 2.24) is 10.2 Å². The maximum Gasteiger partial charge on any atom is 0.303 e. The average molecular weight is 240 g/mol. The van der Waals surface area contributed by atoms with E-state index in [0.717, 1.165) is 19.5 Å². The van der Waals surface area contributed by atoms with E-state index in [1.165, 1.54) is 12.8 Å². The third-order valence-electron chi connectivity index (χ3n) is 3.45. The van der Waals surface area contributed by atoms with Crippen LogP contribution < -0.4 is 5.32 Å². The van der Waals surface area contributed by atoms with Crippen LogP contribution >= 0.6 is 0 Å². The molecule has 0 radical (unpaired) electrons. The van der Waals surface area contributed by atoms with Crippen molar-refractivity contribution in [1.29, 1.82) is 0 Å². The number of carbonyl (C=O) groups is 2. The van der Waals surface area contributed by atoms with Crippen LogP contribution in [0, 0.1) is 5.92 Å². The summed E-state index contributed by atoms with van der Waals surface area (Å²) in [5, 5.41) is 12.0. The van der Waals surface area contributed by atoms with Gasteiger partial charge in [0.05, 0.1) is 0 Å². The van der Waals surface area contributed by atoms with Crippen LogP contribution in [0.15, 0.2) is 0 Å². The van der Waals surface area contributed by atoms with Gasteiger partial charge < -0.3 is 15.3 Å². The van der Waals surface area contributed by atoms with E-state index in [9.17, 15) is 9.59 Å². The number of hydrogen-bond acceptors (Lipinski definition) is 3. The van der Waals surface area contributed by atoms with Crippen LogP contribution in [0.4, 0.5) is 0 Å². The molecule has 0 spiro atoms. The van der Waals surface area contributed by atoms with Crippen molar-refractivity contribution in [3.63, 3.8) is 0 Å². The lowest BCUT2D eigenvalue weighted by Crippen LogP contribution is -2.32. The van der Waals surface area contributed by atoms with Gasteiger partial charge in [-0.3, -0.25) is 9.59 Å². The zero-order valence-electron chi connectivity index (χ0n) is 10.0. The Kier molecular flexibility index (Phi) is 3.99. The number of hydrogen-bond donors (Lipinski definition) is 2. The highest BCUT2D eigenvalue weighted by Crippen LogP contribution is 2.21. The van der Waals surface area contributed by atoms with Crippen molar-refractivity contribution in [2.45, 2.75) is 38.1 Å². The molecule has 1 aliphatic carbocycles. The molecule has 0 aromatic heterocycles. The number of nitrogens with one attached hydrogen (secondary N) is 1. The molecule has 5 heteroatoms. The lowest BCUT2D eigenvalue weighted by molar-refractivity contribution is -0.138. The number of rotatable bonds is 6. The van der Waals surface area contributed by atoms with E-state index in [2.05, 4.69) is 5.32 Å². The van der Waals surface area contributed by atoms with Crippen LogP contribution in [0.2, 0.25) is 0 Å². The molecule has 2 rings (SSSR count). The van der Waals surface area contributed by atoms with Gasteiger partial charge in [0.15, 0.2) is 0 Å². The number of carbonyl (C=O) groups excluding carboxylic acids is 1. The minimum absolute atomic E-state index is 0.146. The van der Waals surface area contributed by atoms with E-state index in [1.807, 2.05) is 4.90 Å². The van der Waals surface area contributed by atoms with Crippen LogP contribution in [-0.4, -0.2) is 47.6 Å². The molecule has 17 heavy (non-hydrogen) atoms. The number of amides is 1. The van der Waals surface area contributed by atoms with Gasteiger partial charge in [-0.05, 0) is 25.2 Å². The second-order valence-corrected chi connectivity index (χ2v) is 5.07. The normalized spacial score (nSPS) is 24.0. The number of likely N-dealkylation sites (tertiary alicyclic amines) is 1. The zero-order chi connectivity index (χ0) is 12.3. The third kappa shape index (κ3) is 4.00. The van der Waals surface area contributed by atoms with Crippen LogP contribution in [0.5, 0.6) is 0 Å². The molecule has 2 aliphatic rings. The number of carboxylic acids is 1. The van der Waals surface area contributed by atoms with Gasteiger partial charge in [0.2, 0.25) is 5.91 Å². The Labute approximate surface area is 101 Å². The molecule has 2 N–H and O–H groups in total. The summed E-state index contributed by atoms with van der Waals surface area (Å²) in [4.78, 5) is 24.2. The first kappa shape index (κ1) is 12.4. The first-order valence-corrected chi connectivity index (χ1v) is 6.38. The standard InChI is InChI=1S/C12H20N2O3/c15-11(3-5-13-10-1-2-10)14-6-4-9(8-14)7-12(16)17/h9-10,13H,1-8H2,(H,16,17). The summed E-state index contributed by atoms with van der Waals surface area (Å²) in [5.41, 5.74) is 0. The molecule has 1 saturated heterocycles. The fourth-order valence-electron chi connectivity index (χ4n) is 2.30. The number of carboxylic acid groups (broad SMARTS) is 1. The topological polar surface area (TPSA) is 69.6 Å².